The van der Waals surface area contributed by atoms with Crippen molar-refractivity contribution < 1.29 is 0 Å². The number of fused-ring (bicyclic) bond motifs is 1. The third-order valence-electron chi connectivity index (χ3n) is 3.55. The van der Waals surface area contributed by atoms with E-state index < -0.39 is 0 Å². The number of benzene rings is 1. The van der Waals surface area contributed by atoms with Gasteiger partial charge in [0.05, 0.1) is 5.52 Å². The smallest absolute Gasteiger partial charge is 0.129 e. The van der Waals surface area contributed by atoms with Gasteiger partial charge in [0, 0.05) is 25.0 Å². The highest BCUT2D eigenvalue weighted by Gasteiger charge is 2.09. The van der Waals surface area contributed by atoms with Gasteiger partial charge in [-0.2, -0.15) is 0 Å². The molecule has 2 rings (SSSR count). The van der Waals surface area contributed by atoms with E-state index >= 15 is 0 Å². The van der Waals surface area contributed by atoms with Crippen LogP contribution in [0.3, 0.4) is 0 Å². The van der Waals surface area contributed by atoms with Gasteiger partial charge in [-0.05, 0) is 37.6 Å². The Kier molecular flexibility index (Phi) is 5.36. The Morgan fingerprint density at radius 1 is 1.15 bits per heavy atom. The summed E-state index contributed by atoms with van der Waals surface area (Å²) in [5, 5.41) is 4.68. The maximum atomic E-state index is 4.83. The number of pyridine rings is 1. The number of para-hydroxylation sites is 1. The highest BCUT2D eigenvalue weighted by atomic mass is 15.2. The minimum absolute atomic E-state index is 0.899. The molecule has 3 nitrogen and oxygen atoms in total. The zero-order valence-electron chi connectivity index (χ0n) is 12.8. The van der Waals surface area contributed by atoms with E-state index in [9.17, 15) is 0 Å². The van der Waals surface area contributed by atoms with Crippen LogP contribution in [0.2, 0.25) is 0 Å². The number of hydrogen-bond acceptors (Lipinski definition) is 3. The van der Waals surface area contributed by atoms with Gasteiger partial charge in [-0.3, -0.25) is 0 Å². The first-order valence-corrected chi connectivity index (χ1v) is 7.64. The fourth-order valence-electron chi connectivity index (χ4n) is 2.50. The highest BCUT2D eigenvalue weighted by Crippen LogP contribution is 2.23. The first kappa shape index (κ1) is 14.8. The largest absolute Gasteiger partial charge is 0.357 e. The molecule has 0 atom stereocenters. The zero-order valence-corrected chi connectivity index (χ0v) is 12.8. The summed E-state index contributed by atoms with van der Waals surface area (Å²) in [7, 11) is 0. The molecule has 0 fully saturated rings. The molecule has 20 heavy (non-hydrogen) atoms. The number of nitrogens with one attached hydrogen (secondary N) is 1. The molecule has 0 spiro atoms. The van der Waals surface area contributed by atoms with Crippen molar-refractivity contribution in [2.24, 2.45) is 0 Å². The number of anilines is 1. The summed E-state index contributed by atoms with van der Waals surface area (Å²) in [6.45, 7) is 10.5. The maximum absolute atomic E-state index is 4.83. The minimum atomic E-state index is 0.899. The molecule has 0 saturated heterocycles. The summed E-state index contributed by atoms with van der Waals surface area (Å²) in [6, 6.07) is 10.7. The molecule has 0 aliphatic carbocycles. The molecule has 0 unspecified atom stereocenters. The molecule has 0 bridgehead atoms. The molecule has 0 saturated carbocycles. The van der Waals surface area contributed by atoms with E-state index in [2.05, 4.69) is 61.3 Å². The van der Waals surface area contributed by atoms with Crippen LogP contribution < -0.4 is 10.2 Å². The number of rotatable bonds is 7. The van der Waals surface area contributed by atoms with Gasteiger partial charge in [-0.15, -0.1) is 0 Å². The van der Waals surface area contributed by atoms with Crippen LogP contribution in [0.25, 0.3) is 10.9 Å². The molecule has 0 amide bonds. The van der Waals surface area contributed by atoms with E-state index in [-0.39, 0.29) is 0 Å². The molecule has 1 N–H and O–H groups in total. The van der Waals surface area contributed by atoms with Crippen molar-refractivity contribution in [3.8, 4) is 0 Å². The molecule has 0 radical (unpaired) electrons. The molecule has 1 aromatic carbocycles. The van der Waals surface area contributed by atoms with Gasteiger partial charge in [-0.1, -0.05) is 32.0 Å². The van der Waals surface area contributed by atoms with Crippen molar-refractivity contribution in [2.75, 3.05) is 24.5 Å². The normalized spacial score (nSPS) is 10.9. The van der Waals surface area contributed by atoms with Gasteiger partial charge in [0.15, 0.2) is 0 Å². The summed E-state index contributed by atoms with van der Waals surface area (Å²) >= 11 is 0. The van der Waals surface area contributed by atoms with Crippen LogP contribution in [0, 0.1) is 0 Å². The number of aromatic nitrogens is 1. The van der Waals surface area contributed by atoms with Crippen LogP contribution in [-0.4, -0.2) is 24.6 Å². The molecule has 108 valence electrons. The van der Waals surface area contributed by atoms with Gasteiger partial charge < -0.3 is 10.2 Å². The van der Waals surface area contributed by atoms with E-state index in [1.165, 1.54) is 10.9 Å². The van der Waals surface area contributed by atoms with Crippen molar-refractivity contribution in [1.29, 1.82) is 0 Å². The Bertz CT molecular complexity index is 551. The van der Waals surface area contributed by atoms with Crippen LogP contribution in [0.5, 0.6) is 0 Å². The first-order chi connectivity index (χ1) is 9.80. The molecular formula is C17H25N3. The van der Waals surface area contributed by atoms with E-state index in [0.717, 1.165) is 43.9 Å². The predicted octanol–water partition coefficient (Wildman–Crippen LogP) is 3.58. The molecule has 0 aliphatic heterocycles. The second-order valence-electron chi connectivity index (χ2n) is 5.02. The Labute approximate surface area is 122 Å². The van der Waals surface area contributed by atoms with Crippen LogP contribution in [0.1, 0.15) is 32.8 Å². The summed E-state index contributed by atoms with van der Waals surface area (Å²) in [6.07, 6.45) is 1.14. The van der Waals surface area contributed by atoms with E-state index in [0.29, 0.717) is 0 Å². The summed E-state index contributed by atoms with van der Waals surface area (Å²) in [5.41, 5.74) is 2.43. The average molecular weight is 271 g/mol. The van der Waals surface area contributed by atoms with Crippen LogP contribution >= 0.6 is 0 Å². The van der Waals surface area contributed by atoms with Crippen LogP contribution in [-0.2, 0) is 6.54 Å². The number of hydrogen-bond donors (Lipinski definition) is 1. The Morgan fingerprint density at radius 2 is 1.95 bits per heavy atom. The number of nitrogens with zero attached hydrogens (tertiary/aromatic N) is 2. The van der Waals surface area contributed by atoms with E-state index in [4.69, 9.17) is 4.98 Å². The molecule has 0 aliphatic rings. The van der Waals surface area contributed by atoms with Crippen molar-refractivity contribution in [1.82, 2.24) is 10.3 Å². The Balaban J connectivity index is 2.45. The fraction of sp³-hybridized carbons (Fsp3) is 0.471. The Morgan fingerprint density at radius 3 is 2.65 bits per heavy atom. The summed E-state index contributed by atoms with van der Waals surface area (Å²) in [5.74, 6) is 1.10. The highest BCUT2D eigenvalue weighted by molar-refractivity contribution is 5.84. The van der Waals surface area contributed by atoms with Crippen LogP contribution in [0.15, 0.2) is 30.3 Å². The van der Waals surface area contributed by atoms with Gasteiger partial charge in [0.1, 0.15) is 5.82 Å². The average Bonchev–Trinajstić information content (AvgIpc) is 2.50. The van der Waals surface area contributed by atoms with Gasteiger partial charge in [0.2, 0.25) is 0 Å². The summed E-state index contributed by atoms with van der Waals surface area (Å²) in [4.78, 5) is 7.18. The van der Waals surface area contributed by atoms with E-state index in [1.54, 1.807) is 0 Å². The maximum Gasteiger partial charge on any atom is 0.129 e. The third-order valence-corrected chi connectivity index (χ3v) is 3.55. The Hall–Kier alpha value is -1.61. The minimum Gasteiger partial charge on any atom is -0.357 e. The quantitative estimate of drug-likeness (QED) is 0.834. The monoisotopic (exact) mass is 271 g/mol. The summed E-state index contributed by atoms with van der Waals surface area (Å²) < 4.78 is 0. The van der Waals surface area contributed by atoms with Crippen molar-refractivity contribution >= 4 is 16.7 Å². The topological polar surface area (TPSA) is 28.2 Å². The fourth-order valence-corrected chi connectivity index (χ4v) is 2.50. The lowest BCUT2D eigenvalue weighted by Crippen LogP contribution is -2.25. The van der Waals surface area contributed by atoms with Crippen LogP contribution in [0.4, 0.5) is 5.82 Å². The molecular weight excluding hydrogens is 246 g/mol. The standard InChI is InChI=1S/C17H25N3/c1-4-11-20(6-3)17-12-14(13-18-5-2)15-9-7-8-10-16(15)19-17/h7-10,12,18H,4-6,11,13H2,1-3H3. The van der Waals surface area contributed by atoms with Crippen molar-refractivity contribution in [3.05, 3.63) is 35.9 Å². The van der Waals surface area contributed by atoms with Gasteiger partial charge in [-0.25, -0.2) is 4.98 Å². The van der Waals surface area contributed by atoms with Gasteiger partial charge >= 0.3 is 0 Å². The van der Waals surface area contributed by atoms with Crippen molar-refractivity contribution in [3.63, 3.8) is 0 Å². The molecule has 3 heteroatoms. The lowest BCUT2D eigenvalue weighted by Gasteiger charge is -2.22. The molecule has 1 aromatic heterocycles. The van der Waals surface area contributed by atoms with Gasteiger partial charge in [0.25, 0.3) is 0 Å². The lowest BCUT2D eigenvalue weighted by molar-refractivity contribution is 0.727. The predicted molar refractivity (Wildman–Crippen MR) is 87.3 cm³/mol. The first-order valence-electron chi connectivity index (χ1n) is 7.64. The lowest BCUT2D eigenvalue weighted by atomic mass is 10.1. The zero-order chi connectivity index (χ0) is 14.4. The molecule has 2 aromatic rings. The third kappa shape index (κ3) is 3.28. The van der Waals surface area contributed by atoms with E-state index in [1.807, 2.05) is 0 Å². The second kappa shape index (κ2) is 7.25. The second-order valence-corrected chi connectivity index (χ2v) is 5.02. The van der Waals surface area contributed by atoms with Crippen molar-refractivity contribution in [2.45, 2.75) is 33.7 Å². The molecule has 1 heterocycles. The SMILES string of the molecule is CCCN(CC)c1cc(CNCC)c2ccccc2n1.